The van der Waals surface area contributed by atoms with Gasteiger partial charge in [-0.15, -0.1) is 0 Å². The first-order chi connectivity index (χ1) is 12.8. The lowest BCUT2D eigenvalue weighted by molar-refractivity contribution is -0.691. The first-order valence-corrected chi connectivity index (χ1v) is 11.8. The second-order valence-electron chi connectivity index (χ2n) is 9.00. The van der Waals surface area contributed by atoms with Gasteiger partial charge in [-0.1, -0.05) is 53.7 Å². The van der Waals surface area contributed by atoms with E-state index >= 15 is 0 Å². The fraction of sp³-hybridized carbons (Fsp3) is 0.632. The Bertz CT molecular complexity index is 926. The molecule has 10 heteroatoms. The molecule has 0 aliphatic heterocycles. The van der Waals surface area contributed by atoms with Gasteiger partial charge in [-0.25, -0.2) is 17.3 Å². The molecule has 0 fully saturated rings. The van der Waals surface area contributed by atoms with E-state index < -0.39 is 15.6 Å². The molecule has 1 aromatic heterocycles. The third-order valence-corrected chi connectivity index (χ3v) is 7.82. The van der Waals surface area contributed by atoms with Crippen molar-refractivity contribution in [2.24, 2.45) is 0 Å². The fourth-order valence-corrected chi connectivity index (χ4v) is 7.25. The third kappa shape index (κ3) is 6.40. The summed E-state index contributed by atoms with van der Waals surface area (Å²) in [6.07, 6.45) is 2.34. The monoisotopic (exact) mass is 454 g/mol. The first-order valence-electron chi connectivity index (χ1n) is 9.12. The lowest BCUT2D eigenvalue weighted by Gasteiger charge is -2.37. The molecule has 0 saturated carbocycles. The predicted octanol–water partition coefficient (Wildman–Crippen LogP) is 5.40. The summed E-state index contributed by atoms with van der Waals surface area (Å²) in [5.41, 5.74) is -2.94. The minimum absolute atomic E-state index is 0.268. The fourth-order valence-electron chi connectivity index (χ4n) is 3.34. The number of aromatic nitrogens is 2. The minimum atomic E-state index is -6.09. The van der Waals surface area contributed by atoms with Gasteiger partial charge in [0.05, 0.1) is 6.04 Å². The van der Waals surface area contributed by atoms with Crippen LogP contribution in [0.15, 0.2) is 30.6 Å². The van der Waals surface area contributed by atoms with Gasteiger partial charge >= 0.3 is 5.51 Å². The molecule has 0 saturated heterocycles. The van der Waals surface area contributed by atoms with Crippen LogP contribution in [-0.4, -0.2) is 33.1 Å². The maximum absolute atomic E-state index is 10.7. The Morgan fingerprint density at radius 3 is 1.76 bits per heavy atom. The molecule has 0 N–H and O–H groups in total. The van der Waals surface area contributed by atoms with Crippen molar-refractivity contribution in [3.63, 3.8) is 0 Å². The number of rotatable bonds is 2. The molecule has 0 unspecified atom stereocenters. The number of imidazole rings is 1. The van der Waals surface area contributed by atoms with Crippen molar-refractivity contribution >= 4 is 29.2 Å². The second-order valence-corrected chi connectivity index (χ2v) is 14.1. The van der Waals surface area contributed by atoms with Crippen LogP contribution in [-0.2, 0) is 10.1 Å². The maximum atomic E-state index is 10.7. The average Bonchev–Trinajstić information content (AvgIpc) is 2.82. The Morgan fingerprint density at radius 1 is 1.00 bits per heavy atom. The van der Waals surface area contributed by atoms with Gasteiger partial charge in [-0.2, -0.15) is 13.2 Å². The SMILES string of the molecule is CC(C)[n+]1cn(P(C(C)(C)C)C(C)(C)C)c2ccccc21.O=S(=O)([O-])C(F)(F)F. The van der Waals surface area contributed by atoms with Crippen LogP contribution < -0.4 is 4.57 Å². The van der Waals surface area contributed by atoms with E-state index in [1.54, 1.807) is 0 Å². The van der Waals surface area contributed by atoms with Gasteiger partial charge in [0.25, 0.3) is 0 Å². The summed E-state index contributed by atoms with van der Waals surface area (Å²) < 4.78 is 63.9. The van der Waals surface area contributed by atoms with E-state index in [9.17, 15) is 13.2 Å². The number of fused-ring (bicyclic) bond motifs is 1. The molecule has 0 aliphatic carbocycles. The van der Waals surface area contributed by atoms with E-state index in [2.05, 4.69) is 94.9 Å². The minimum Gasteiger partial charge on any atom is -0.741 e. The summed E-state index contributed by atoms with van der Waals surface area (Å²) >= 11 is 0. The molecule has 2 aromatic rings. The molecule has 5 nitrogen and oxygen atoms in total. The summed E-state index contributed by atoms with van der Waals surface area (Å²) in [4.78, 5) is 0. The van der Waals surface area contributed by atoms with E-state index in [1.807, 2.05) is 0 Å². The number of halogens is 3. The Kier molecular flexibility index (Phi) is 7.59. The third-order valence-electron chi connectivity index (χ3n) is 3.97. The number of alkyl halides is 3. The zero-order valence-electron chi connectivity index (χ0n) is 18.1. The number of para-hydroxylation sites is 2. The van der Waals surface area contributed by atoms with Gasteiger partial charge in [0.1, 0.15) is 8.07 Å². The summed E-state index contributed by atoms with van der Waals surface area (Å²) in [6.45, 7) is 18.8. The van der Waals surface area contributed by atoms with E-state index in [0.29, 0.717) is 6.04 Å². The summed E-state index contributed by atoms with van der Waals surface area (Å²) in [6, 6.07) is 9.28. The van der Waals surface area contributed by atoms with Crippen LogP contribution in [0.1, 0.15) is 61.4 Å². The van der Waals surface area contributed by atoms with Crippen molar-refractivity contribution in [2.75, 3.05) is 0 Å². The normalized spacial score (nSPS) is 13.7. The highest BCUT2D eigenvalue weighted by molar-refractivity contribution is 7.86. The lowest BCUT2D eigenvalue weighted by atomic mass is 10.2. The molecule has 1 heterocycles. The Balaban J connectivity index is 0.000000447. The quantitative estimate of drug-likeness (QED) is 0.264. The van der Waals surface area contributed by atoms with E-state index in [1.165, 1.54) is 11.0 Å². The highest BCUT2D eigenvalue weighted by Crippen LogP contribution is 2.60. The van der Waals surface area contributed by atoms with Gasteiger partial charge < -0.3 is 4.55 Å². The number of benzene rings is 1. The zero-order chi connectivity index (χ0) is 23.0. The van der Waals surface area contributed by atoms with Crippen molar-refractivity contribution in [1.82, 2.24) is 4.34 Å². The molecule has 0 atom stereocenters. The van der Waals surface area contributed by atoms with Crippen LogP contribution in [0.3, 0.4) is 0 Å². The molecular weight excluding hydrogens is 424 g/mol. The molecule has 0 spiro atoms. The standard InChI is InChI=1S/C18H30N2P.CHF3O3S/c1-14(2)19-13-20(16-12-10-9-11-15(16)19)21(17(3,4)5)18(6,7)8;2-1(3,4)8(5,6)7/h9-14H,1-8H3;(H,5,6,7)/q+1;/p-1. The smallest absolute Gasteiger partial charge is 0.485 e. The van der Waals surface area contributed by atoms with Gasteiger partial charge in [0.15, 0.2) is 21.2 Å². The van der Waals surface area contributed by atoms with Crippen LogP contribution in [0.2, 0.25) is 0 Å². The highest BCUT2D eigenvalue weighted by Gasteiger charge is 2.42. The van der Waals surface area contributed by atoms with Crippen LogP contribution in [0.25, 0.3) is 11.0 Å². The maximum Gasteiger partial charge on any atom is 0.485 e. The molecule has 0 amide bonds. The molecule has 0 bridgehead atoms. The molecule has 166 valence electrons. The Labute approximate surface area is 172 Å². The molecule has 2 rings (SSSR count). The van der Waals surface area contributed by atoms with Crippen molar-refractivity contribution in [3.05, 3.63) is 30.6 Å². The average molecular weight is 454 g/mol. The van der Waals surface area contributed by atoms with Crippen LogP contribution in [0.4, 0.5) is 13.2 Å². The lowest BCUT2D eigenvalue weighted by Crippen LogP contribution is -2.35. The number of nitrogens with zero attached hydrogens (tertiary/aromatic N) is 2. The van der Waals surface area contributed by atoms with E-state index in [0.717, 1.165) is 0 Å². The van der Waals surface area contributed by atoms with Crippen molar-refractivity contribution in [1.29, 1.82) is 0 Å². The van der Waals surface area contributed by atoms with E-state index in [4.69, 9.17) is 13.0 Å². The topological polar surface area (TPSA) is 66.0 Å². The van der Waals surface area contributed by atoms with Crippen LogP contribution in [0, 0.1) is 0 Å². The number of hydrogen-bond acceptors (Lipinski definition) is 3. The van der Waals surface area contributed by atoms with Crippen molar-refractivity contribution < 1.29 is 30.7 Å². The summed E-state index contributed by atoms with van der Waals surface area (Å²) in [7, 11) is -6.44. The molecule has 0 radical (unpaired) electrons. The zero-order valence-corrected chi connectivity index (χ0v) is 19.8. The van der Waals surface area contributed by atoms with Gasteiger partial charge in [0, 0.05) is 10.3 Å². The summed E-state index contributed by atoms with van der Waals surface area (Å²) in [5, 5.41) is 0.536. The molecule has 1 aromatic carbocycles. The largest absolute Gasteiger partial charge is 0.741 e. The predicted molar refractivity (Wildman–Crippen MR) is 110 cm³/mol. The van der Waals surface area contributed by atoms with Crippen molar-refractivity contribution in [3.8, 4) is 0 Å². The molecular formula is C19H30F3N2O3PS. The van der Waals surface area contributed by atoms with Gasteiger partial charge in [-0.05, 0) is 26.0 Å². The first kappa shape index (κ1) is 25.9. The molecule has 0 aliphatic rings. The van der Waals surface area contributed by atoms with Crippen LogP contribution >= 0.6 is 8.07 Å². The van der Waals surface area contributed by atoms with Crippen molar-refractivity contribution in [2.45, 2.75) is 77.3 Å². The molecule has 29 heavy (non-hydrogen) atoms. The summed E-state index contributed by atoms with van der Waals surface area (Å²) in [5.74, 6) is 0. The van der Waals surface area contributed by atoms with Gasteiger partial charge in [-0.3, -0.25) is 0 Å². The Morgan fingerprint density at radius 2 is 1.41 bits per heavy atom. The highest BCUT2D eigenvalue weighted by atomic mass is 32.2. The Hall–Kier alpha value is -1.18. The van der Waals surface area contributed by atoms with E-state index in [-0.39, 0.29) is 18.4 Å². The van der Waals surface area contributed by atoms with Gasteiger partial charge in [0.2, 0.25) is 6.33 Å². The van der Waals surface area contributed by atoms with Crippen LogP contribution in [0.5, 0.6) is 0 Å². The number of hydrogen-bond donors (Lipinski definition) is 0. The second kappa shape index (κ2) is 8.52.